The Bertz CT molecular complexity index is 626. The van der Waals surface area contributed by atoms with Crippen LogP contribution in [0.3, 0.4) is 0 Å². The Morgan fingerprint density at radius 3 is 2.37 bits per heavy atom. The van der Waals surface area contributed by atoms with Crippen LogP contribution in [0, 0.1) is 11.6 Å². The van der Waals surface area contributed by atoms with Gasteiger partial charge in [-0.05, 0) is 46.3 Å². The first-order chi connectivity index (χ1) is 8.99. The number of carbonyl (C=O) groups is 1. The minimum absolute atomic E-state index is 0.383. The third kappa shape index (κ3) is 2.90. The largest absolute Gasteiger partial charge is 0.398 e. The Morgan fingerprint density at radius 1 is 1.16 bits per heavy atom. The average molecular weight is 327 g/mol. The van der Waals surface area contributed by atoms with E-state index in [-0.39, 0.29) is 0 Å². The first-order valence-corrected chi connectivity index (χ1v) is 6.08. The Morgan fingerprint density at radius 2 is 1.79 bits per heavy atom. The molecule has 0 aliphatic heterocycles. The molecule has 0 aromatic heterocycles. The molecule has 0 heterocycles. The van der Waals surface area contributed by atoms with Crippen molar-refractivity contribution in [2.75, 3.05) is 11.1 Å². The Kier molecular flexibility index (Phi) is 3.80. The van der Waals surface area contributed by atoms with E-state index in [4.69, 9.17) is 5.73 Å². The fraction of sp³-hybridized carbons (Fsp3) is 0. The summed E-state index contributed by atoms with van der Waals surface area (Å²) in [5, 5.41) is 2.40. The number of nitrogens with one attached hydrogen (secondary N) is 1. The highest BCUT2D eigenvalue weighted by atomic mass is 79.9. The minimum atomic E-state index is -0.910. The number of halogens is 3. The summed E-state index contributed by atoms with van der Waals surface area (Å²) in [5.41, 5.74) is 5.86. The van der Waals surface area contributed by atoms with E-state index in [0.717, 1.165) is 12.1 Å². The summed E-state index contributed by atoms with van der Waals surface area (Å²) in [5.74, 6) is -2.67. The van der Waals surface area contributed by atoms with Gasteiger partial charge in [-0.25, -0.2) is 8.78 Å². The van der Waals surface area contributed by atoms with Gasteiger partial charge in [0, 0.05) is 15.8 Å². The van der Waals surface area contributed by atoms with Gasteiger partial charge in [0.2, 0.25) is 0 Å². The average Bonchev–Trinajstić information content (AvgIpc) is 2.33. The second-order valence-corrected chi connectivity index (χ2v) is 4.64. The molecule has 2 aromatic rings. The molecule has 0 saturated heterocycles. The van der Waals surface area contributed by atoms with Crippen LogP contribution < -0.4 is 11.1 Å². The molecule has 3 N–H and O–H groups in total. The van der Waals surface area contributed by atoms with Gasteiger partial charge in [0.1, 0.15) is 17.2 Å². The van der Waals surface area contributed by atoms with Crippen molar-refractivity contribution in [2.24, 2.45) is 0 Å². The standard InChI is InChI=1S/C13H9BrF2N2O/c14-8-6-7(4-5-11(8)17)18-13(19)12-9(15)2-1-3-10(12)16/h1-6H,17H2,(H,18,19). The minimum Gasteiger partial charge on any atom is -0.398 e. The van der Waals surface area contributed by atoms with Gasteiger partial charge in [-0.1, -0.05) is 6.07 Å². The van der Waals surface area contributed by atoms with Crippen molar-refractivity contribution in [3.63, 3.8) is 0 Å². The van der Waals surface area contributed by atoms with Crippen LogP contribution in [0.4, 0.5) is 20.2 Å². The topological polar surface area (TPSA) is 55.1 Å². The first-order valence-electron chi connectivity index (χ1n) is 5.29. The van der Waals surface area contributed by atoms with Crippen molar-refractivity contribution in [2.45, 2.75) is 0 Å². The van der Waals surface area contributed by atoms with E-state index in [1.807, 2.05) is 0 Å². The molecule has 3 nitrogen and oxygen atoms in total. The van der Waals surface area contributed by atoms with Gasteiger partial charge >= 0.3 is 0 Å². The third-order valence-corrected chi connectivity index (χ3v) is 3.13. The van der Waals surface area contributed by atoms with E-state index in [9.17, 15) is 13.6 Å². The molecule has 0 aliphatic rings. The summed E-state index contributed by atoms with van der Waals surface area (Å²) in [6.45, 7) is 0. The lowest BCUT2D eigenvalue weighted by Gasteiger charge is -2.08. The van der Waals surface area contributed by atoms with Crippen LogP contribution >= 0.6 is 15.9 Å². The van der Waals surface area contributed by atoms with E-state index in [2.05, 4.69) is 21.2 Å². The fourth-order valence-corrected chi connectivity index (χ4v) is 1.89. The van der Waals surface area contributed by atoms with Gasteiger partial charge in [0.05, 0.1) is 0 Å². The van der Waals surface area contributed by atoms with Gasteiger partial charge in [0.15, 0.2) is 0 Å². The van der Waals surface area contributed by atoms with Crippen molar-refractivity contribution in [3.05, 3.63) is 58.1 Å². The van der Waals surface area contributed by atoms with E-state index >= 15 is 0 Å². The van der Waals surface area contributed by atoms with Crippen LogP contribution in [0.25, 0.3) is 0 Å². The molecule has 0 unspecified atom stereocenters. The van der Waals surface area contributed by atoms with E-state index in [1.165, 1.54) is 12.1 Å². The lowest BCUT2D eigenvalue weighted by Crippen LogP contribution is -2.15. The van der Waals surface area contributed by atoms with Gasteiger partial charge in [-0.3, -0.25) is 4.79 Å². The van der Waals surface area contributed by atoms with Gasteiger partial charge in [-0.2, -0.15) is 0 Å². The molecule has 0 atom stereocenters. The quantitative estimate of drug-likeness (QED) is 0.829. The molecule has 0 fully saturated rings. The summed E-state index contributed by atoms with van der Waals surface area (Å²) in [4.78, 5) is 11.8. The summed E-state index contributed by atoms with van der Waals surface area (Å²) < 4.78 is 27.4. The highest BCUT2D eigenvalue weighted by Gasteiger charge is 2.17. The highest BCUT2D eigenvalue weighted by molar-refractivity contribution is 9.10. The van der Waals surface area contributed by atoms with E-state index in [1.54, 1.807) is 12.1 Å². The third-order valence-electron chi connectivity index (χ3n) is 2.45. The molecule has 0 spiro atoms. The molecule has 6 heteroatoms. The molecule has 0 bridgehead atoms. The van der Waals surface area contributed by atoms with Gasteiger partial charge in [-0.15, -0.1) is 0 Å². The molecule has 0 saturated carbocycles. The summed E-state index contributed by atoms with van der Waals surface area (Å²) >= 11 is 3.20. The number of benzene rings is 2. The molecule has 0 radical (unpaired) electrons. The van der Waals surface area contributed by atoms with Crippen molar-refractivity contribution in [3.8, 4) is 0 Å². The number of anilines is 2. The maximum absolute atomic E-state index is 13.4. The van der Waals surface area contributed by atoms with E-state index in [0.29, 0.717) is 15.8 Å². The summed E-state index contributed by atoms with van der Waals surface area (Å²) in [6, 6.07) is 7.90. The highest BCUT2D eigenvalue weighted by Crippen LogP contribution is 2.24. The van der Waals surface area contributed by atoms with Crippen molar-refractivity contribution in [1.82, 2.24) is 0 Å². The number of hydrogen-bond acceptors (Lipinski definition) is 2. The van der Waals surface area contributed by atoms with Crippen LogP contribution in [-0.2, 0) is 0 Å². The second-order valence-electron chi connectivity index (χ2n) is 3.79. The zero-order chi connectivity index (χ0) is 14.0. The van der Waals surface area contributed by atoms with Crippen LogP contribution in [0.1, 0.15) is 10.4 Å². The summed E-state index contributed by atoms with van der Waals surface area (Å²) in [7, 11) is 0. The molecule has 2 rings (SSSR count). The van der Waals surface area contributed by atoms with Crippen LogP contribution in [0.15, 0.2) is 40.9 Å². The zero-order valence-corrected chi connectivity index (χ0v) is 11.2. The summed E-state index contributed by atoms with van der Waals surface area (Å²) in [6.07, 6.45) is 0. The smallest absolute Gasteiger partial charge is 0.261 e. The van der Waals surface area contributed by atoms with Crippen molar-refractivity contribution < 1.29 is 13.6 Å². The number of hydrogen-bond donors (Lipinski definition) is 2. The molecule has 1 amide bonds. The Hall–Kier alpha value is -1.95. The van der Waals surface area contributed by atoms with Crippen molar-refractivity contribution in [1.29, 1.82) is 0 Å². The number of nitrogen functional groups attached to an aromatic ring is 1. The second kappa shape index (κ2) is 5.36. The molecule has 98 valence electrons. The van der Waals surface area contributed by atoms with Crippen LogP contribution in [-0.4, -0.2) is 5.91 Å². The van der Waals surface area contributed by atoms with Gasteiger partial charge < -0.3 is 11.1 Å². The molecule has 0 aliphatic carbocycles. The maximum atomic E-state index is 13.4. The Labute approximate surface area is 116 Å². The predicted octanol–water partition coefficient (Wildman–Crippen LogP) is 3.56. The molecule has 2 aromatic carbocycles. The van der Waals surface area contributed by atoms with E-state index < -0.39 is 23.1 Å². The van der Waals surface area contributed by atoms with Gasteiger partial charge in [0.25, 0.3) is 5.91 Å². The first kappa shape index (κ1) is 13.5. The lowest BCUT2D eigenvalue weighted by atomic mass is 10.1. The number of amides is 1. The number of carbonyl (C=O) groups excluding carboxylic acids is 1. The van der Waals surface area contributed by atoms with Crippen LogP contribution in [0.5, 0.6) is 0 Å². The SMILES string of the molecule is Nc1ccc(NC(=O)c2c(F)cccc2F)cc1Br. The molecular weight excluding hydrogens is 318 g/mol. The molecule has 19 heavy (non-hydrogen) atoms. The van der Waals surface area contributed by atoms with Crippen LogP contribution in [0.2, 0.25) is 0 Å². The number of nitrogens with two attached hydrogens (primary N) is 1. The predicted molar refractivity (Wildman–Crippen MR) is 72.9 cm³/mol. The Balaban J connectivity index is 2.28. The number of rotatable bonds is 2. The van der Waals surface area contributed by atoms with Crippen molar-refractivity contribution >= 4 is 33.2 Å². The fourth-order valence-electron chi connectivity index (χ4n) is 1.51. The zero-order valence-electron chi connectivity index (χ0n) is 9.58. The molecular formula is C13H9BrF2N2O. The normalized spacial score (nSPS) is 10.3. The monoisotopic (exact) mass is 326 g/mol. The lowest BCUT2D eigenvalue weighted by molar-refractivity contribution is 0.101. The maximum Gasteiger partial charge on any atom is 0.261 e.